The van der Waals surface area contributed by atoms with Crippen LogP contribution in [0.3, 0.4) is 0 Å². The average molecular weight is 285 g/mol. The topological polar surface area (TPSA) is 75.4 Å². The fourth-order valence-corrected chi connectivity index (χ4v) is 1.65. The zero-order chi connectivity index (χ0) is 15.4. The van der Waals surface area contributed by atoms with Crippen LogP contribution in [0.5, 0.6) is 5.75 Å². The Kier molecular flexibility index (Phi) is 4.18. The molecule has 0 amide bonds. The van der Waals surface area contributed by atoms with Crippen LogP contribution in [0, 0.1) is 0 Å². The Morgan fingerprint density at radius 2 is 2.10 bits per heavy atom. The molecule has 0 unspecified atom stereocenters. The summed E-state index contributed by atoms with van der Waals surface area (Å²) in [5.74, 6) is -0.392. The summed E-state index contributed by atoms with van der Waals surface area (Å²) in [6, 6.07) is 7.64. The highest BCUT2D eigenvalue weighted by molar-refractivity contribution is 6.02. The molecule has 0 aliphatic heterocycles. The molecule has 108 valence electrons. The summed E-state index contributed by atoms with van der Waals surface area (Å²) in [5.41, 5.74) is -0.0561. The quantitative estimate of drug-likeness (QED) is 0.674. The molecule has 1 heterocycles. The van der Waals surface area contributed by atoms with Crippen molar-refractivity contribution in [1.29, 1.82) is 0 Å². The number of rotatable bonds is 4. The van der Waals surface area contributed by atoms with Gasteiger partial charge in [0, 0.05) is 44.7 Å². The van der Waals surface area contributed by atoms with E-state index in [-0.39, 0.29) is 11.4 Å². The minimum atomic E-state index is -0.469. The monoisotopic (exact) mass is 285 g/mol. The molecule has 0 spiro atoms. The second kappa shape index (κ2) is 6.04. The lowest BCUT2D eigenvalue weighted by atomic mass is 10.2. The molecule has 1 N–H and O–H groups in total. The summed E-state index contributed by atoms with van der Waals surface area (Å²) in [6.07, 6.45) is 4.29. The predicted molar refractivity (Wildman–Crippen MR) is 78.7 cm³/mol. The number of hydrogen-bond donors (Lipinski definition) is 1. The summed E-state index contributed by atoms with van der Waals surface area (Å²) < 4.78 is 1.37. The van der Waals surface area contributed by atoms with Crippen molar-refractivity contribution in [2.24, 2.45) is 0 Å². The first-order valence-corrected chi connectivity index (χ1v) is 6.26. The first-order chi connectivity index (χ1) is 9.97. The first-order valence-electron chi connectivity index (χ1n) is 6.26. The maximum absolute atomic E-state index is 12.0. The number of aromatic nitrogens is 2. The molecule has 0 saturated carbocycles. The van der Waals surface area contributed by atoms with Crippen LogP contribution >= 0.6 is 0 Å². The van der Waals surface area contributed by atoms with Crippen LogP contribution in [-0.2, 0) is 0 Å². The van der Waals surface area contributed by atoms with Gasteiger partial charge >= 0.3 is 0 Å². The Bertz CT molecular complexity index is 748. The third-order valence-corrected chi connectivity index (χ3v) is 2.66. The van der Waals surface area contributed by atoms with Crippen molar-refractivity contribution in [2.45, 2.75) is 0 Å². The number of allylic oxidation sites excluding steroid dienone is 1. The van der Waals surface area contributed by atoms with Crippen molar-refractivity contribution in [1.82, 2.24) is 14.7 Å². The molecule has 1 aromatic carbocycles. The first kappa shape index (κ1) is 14.5. The molecule has 0 fully saturated rings. The number of benzene rings is 1. The van der Waals surface area contributed by atoms with E-state index in [9.17, 15) is 14.7 Å². The molecular formula is C15H15N3O3. The van der Waals surface area contributed by atoms with Crippen LogP contribution in [0.1, 0.15) is 10.5 Å². The van der Waals surface area contributed by atoms with E-state index in [1.165, 1.54) is 35.2 Å². The Balaban J connectivity index is 2.42. The van der Waals surface area contributed by atoms with Gasteiger partial charge in [-0.25, -0.2) is 4.68 Å². The highest BCUT2D eigenvalue weighted by Crippen LogP contribution is 2.13. The second-order valence-electron chi connectivity index (χ2n) is 4.64. The molecule has 0 bridgehead atoms. The molecule has 6 heteroatoms. The third kappa shape index (κ3) is 3.56. The Labute approximate surface area is 121 Å². The van der Waals surface area contributed by atoms with Gasteiger partial charge in [-0.05, 0) is 12.1 Å². The van der Waals surface area contributed by atoms with Crippen LogP contribution in [-0.4, -0.2) is 39.7 Å². The molecule has 1 aromatic heterocycles. The van der Waals surface area contributed by atoms with E-state index < -0.39 is 11.2 Å². The highest BCUT2D eigenvalue weighted by atomic mass is 16.3. The van der Waals surface area contributed by atoms with E-state index in [4.69, 9.17) is 0 Å². The number of phenolic OH excluding ortho intramolecular Hbond substituents is 1. The molecule has 2 aromatic rings. The molecule has 0 radical (unpaired) electrons. The van der Waals surface area contributed by atoms with Crippen molar-refractivity contribution < 1.29 is 9.90 Å². The number of carbonyl (C=O) groups is 1. The van der Waals surface area contributed by atoms with Crippen molar-refractivity contribution in [3.63, 3.8) is 0 Å². The summed E-state index contributed by atoms with van der Waals surface area (Å²) in [5, 5.41) is 13.5. The van der Waals surface area contributed by atoms with Crippen LogP contribution in [0.4, 0.5) is 0 Å². The van der Waals surface area contributed by atoms with E-state index in [1.807, 2.05) is 0 Å². The lowest BCUT2D eigenvalue weighted by molar-refractivity contribution is 0.103. The lowest BCUT2D eigenvalue weighted by Crippen LogP contribution is -2.20. The van der Waals surface area contributed by atoms with E-state index in [2.05, 4.69) is 5.10 Å². The summed E-state index contributed by atoms with van der Waals surface area (Å²) >= 11 is 0. The maximum atomic E-state index is 12.0. The van der Waals surface area contributed by atoms with Gasteiger partial charge in [0.05, 0.1) is 5.69 Å². The van der Waals surface area contributed by atoms with Crippen LogP contribution < -0.4 is 5.43 Å². The SMILES string of the molecule is CN(C)/C=C/C(=O)c1nn(-c2cccc(O)c2)ccc1=O. The molecule has 21 heavy (non-hydrogen) atoms. The smallest absolute Gasteiger partial charge is 0.211 e. The average Bonchev–Trinajstić information content (AvgIpc) is 2.45. The molecule has 0 atom stereocenters. The predicted octanol–water partition coefficient (Wildman–Crippen LogP) is 1.20. The number of ketones is 1. The Morgan fingerprint density at radius 3 is 2.76 bits per heavy atom. The highest BCUT2D eigenvalue weighted by Gasteiger charge is 2.10. The van der Waals surface area contributed by atoms with Gasteiger partial charge < -0.3 is 10.0 Å². The molecule has 0 aliphatic rings. The van der Waals surface area contributed by atoms with Crippen molar-refractivity contribution in [3.05, 3.63) is 64.7 Å². The molecule has 0 aliphatic carbocycles. The number of phenols is 1. The zero-order valence-corrected chi connectivity index (χ0v) is 11.7. The standard InChI is InChI=1S/C15H15N3O3/c1-17(2)8-6-13(20)15-14(21)7-9-18(16-15)11-4-3-5-12(19)10-11/h3-10,19H,1-2H3/b8-6+. The fraction of sp³-hybridized carbons (Fsp3) is 0.133. The number of hydrogen-bond acceptors (Lipinski definition) is 5. The van der Waals surface area contributed by atoms with Gasteiger partial charge in [-0.15, -0.1) is 0 Å². The van der Waals surface area contributed by atoms with Gasteiger partial charge in [0.2, 0.25) is 11.2 Å². The number of aromatic hydroxyl groups is 1. The Hall–Kier alpha value is -2.89. The normalized spacial score (nSPS) is 10.8. The fourth-order valence-electron chi connectivity index (χ4n) is 1.65. The van der Waals surface area contributed by atoms with Gasteiger partial charge in [-0.3, -0.25) is 9.59 Å². The van der Waals surface area contributed by atoms with Crippen molar-refractivity contribution in [2.75, 3.05) is 14.1 Å². The summed E-state index contributed by atoms with van der Waals surface area (Å²) in [7, 11) is 3.54. The van der Waals surface area contributed by atoms with Gasteiger partial charge in [0.1, 0.15) is 5.75 Å². The van der Waals surface area contributed by atoms with Gasteiger partial charge in [0.25, 0.3) is 0 Å². The van der Waals surface area contributed by atoms with Gasteiger partial charge in [0.15, 0.2) is 5.69 Å². The summed E-state index contributed by atoms with van der Waals surface area (Å²) in [6.45, 7) is 0. The minimum Gasteiger partial charge on any atom is -0.508 e. The summed E-state index contributed by atoms with van der Waals surface area (Å²) in [4.78, 5) is 25.4. The van der Waals surface area contributed by atoms with E-state index >= 15 is 0 Å². The van der Waals surface area contributed by atoms with E-state index in [0.717, 1.165) is 0 Å². The number of carbonyl (C=O) groups excluding carboxylic acids is 1. The lowest BCUT2D eigenvalue weighted by Gasteiger charge is -2.07. The van der Waals surface area contributed by atoms with Crippen LogP contribution in [0.25, 0.3) is 5.69 Å². The van der Waals surface area contributed by atoms with Crippen LogP contribution in [0.15, 0.2) is 53.6 Å². The van der Waals surface area contributed by atoms with Gasteiger partial charge in [-0.1, -0.05) is 6.07 Å². The Morgan fingerprint density at radius 1 is 1.33 bits per heavy atom. The van der Waals surface area contributed by atoms with Crippen molar-refractivity contribution in [3.8, 4) is 11.4 Å². The number of nitrogens with zero attached hydrogens (tertiary/aromatic N) is 3. The minimum absolute atomic E-state index is 0.0772. The van der Waals surface area contributed by atoms with Crippen LogP contribution in [0.2, 0.25) is 0 Å². The van der Waals surface area contributed by atoms with E-state index in [0.29, 0.717) is 5.69 Å². The molecular weight excluding hydrogens is 270 g/mol. The van der Waals surface area contributed by atoms with Gasteiger partial charge in [-0.2, -0.15) is 5.10 Å². The largest absolute Gasteiger partial charge is 0.508 e. The van der Waals surface area contributed by atoms with Crippen molar-refractivity contribution >= 4 is 5.78 Å². The maximum Gasteiger partial charge on any atom is 0.211 e. The molecule has 0 saturated heterocycles. The second-order valence-corrected chi connectivity index (χ2v) is 4.64. The molecule has 2 rings (SSSR count). The third-order valence-electron chi connectivity index (χ3n) is 2.66. The van der Waals surface area contributed by atoms with E-state index in [1.54, 1.807) is 37.3 Å². The zero-order valence-electron chi connectivity index (χ0n) is 11.7. The molecule has 6 nitrogen and oxygen atoms in total.